The molecule has 5 nitrogen and oxygen atoms in total. The first kappa shape index (κ1) is 14.5. The SMILES string of the molecule is Cc1cc2c(nc1-c1cccc(Cl)c1)c(=O)n(C)c(=O)n2C. The van der Waals surface area contributed by atoms with Gasteiger partial charge in [-0.15, -0.1) is 0 Å². The zero-order chi connectivity index (χ0) is 16.0. The van der Waals surface area contributed by atoms with E-state index in [1.807, 2.05) is 19.1 Å². The second kappa shape index (κ2) is 5.10. The van der Waals surface area contributed by atoms with Crippen molar-refractivity contribution in [2.75, 3.05) is 0 Å². The molecule has 0 atom stereocenters. The molecule has 0 aliphatic rings. The third-order valence-corrected chi connectivity index (χ3v) is 3.97. The summed E-state index contributed by atoms with van der Waals surface area (Å²) in [6.07, 6.45) is 0. The summed E-state index contributed by atoms with van der Waals surface area (Å²) in [7, 11) is 3.08. The first-order chi connectivity index (χ1) is 10.4. The predicted octanol–water partition coefficient (Wildman–Crippen LogP) is 2.26. The molecule has 0 amide bonds. The lowest BCUT2D eigenvalue weighted by molar-refractivity contribution is 0.710. The predicted molar refractivity (Wildman–Crippen MR) is 87.4 cm³/mol. The Balaban J connectivity index is 2.43. The van der Waals surface area contributed by atoms with E-state index in [4.69, 9.17) is 11.6 Å². The van der Waals surface area contributed by atoms with E-state index in [1.165, 1.54) is 11.6 Å². The maximum atomic E-state index is 12.3. The Morgan fingerprint density at radius 2 is 1.82 bits per heavy atom. The molecule has 0 fully saturated rings. The fourth-order valence-corrected chi connectivity index (χ4v) is 2.70. The first-order valence-electron chi connectivity index (χ1n) is 6.73. The molecule has 0 spiro atoms. The number of aromatic nitrogens is 3. The van der Waals surface area contributed by atoms with Crippen LogP contribution in [-0.2, 0) is 14.1 Å². The van der Waals surface area contributed by atoms with Crippen LogP contribution in [0.2, 0.25) is 5.02 Å². The van der Waals surface area contributed by atoms with Gasteiger partial charge in [0, 0.05) is 24.7 Å². The van der Waals surface area contributed by atoms with Gasteiger partial charge >= 0.3 is 5.69 Å². The number of rotatable bonds is 1. The van der Waals surface area contributed by atoms with Crippen LogP contribution in [0.4, 0.5) is 0 Å². The smallest absolute Gasteiger partial charge is 0.295 e. The van der Waals surface area contributed by atoms with Gasteiger partial charge in [-0.1, -0.05) is 23.7 Å². The van der Waals surface area contributed by atoms with Gasteiger partial charge in [0.2, 0.25) is 0 Å². The monoisotopic (exact) mass is 315 g/mol. The molecular weight excluding hydrogens is 302 g/mol. The van der Waals surface area contributed by atoms with E-state index in [0.717, 1.165) is 15.7 Å². The summed E-state index contributed by atoms with van der Waals surface area (Å²) < 4.78 is 2.49. The van der Waals surface area contributed by atoms with Gasteiger partial charge in [0.15, 0.2) is 5.52 Å². The summed E-state index contributed by atoms with van der Waals surface area (Å²) in [6.45, 7) is 1.89. The van der Waals surface area contributed by atoms with Crippen LogP contribution in [0, 0.1) is 6.92 Å². The molecule has 0 unspecified atom stereocenters. The van der Waals surface area contributed by atoms with Gasteiger partial charge in [0.1, 0.15) is 0 Å². The molecule has 0 aliphatic heterocycles. The van der Waals surface area contributed by atoms with Crippen LogP contribution >= 0.6 is 11.6 Å². The molecule has 1 aromatic carbocycles. The molecule has 2 heterocycles. The zero-order valence-corrected chi connectivity index (χ0v) is 13.2. The van der Waals surface area contributed by atoms with Crippen molar-refractivity contribution >= 4 is 22.6 Å². The van der Waals surface area contributed by atoms with E-state index in [0.29, 0.717) is 16.2 Å². The molecule has 112 valence electrons. The number of halogens is 1. The van der Waals surface area contributed by atoms with E-state index < -0.39 is 5.56 Å². The molecule has 0 radical (unpaired) electrons. The second-order valence-corrected chi connectivity index (χ2v) is 5.67. The average molecular weight is 316 g/mol. The zero-order valence-electron chi connectivity index (χ0n) is 12.4. The Kier molecular flexibility index (Phi) is 3.37. The Morgan fingerprint density at radius 3 is 2.50 bits per heavy atom. The maximum Gasteiger partial charge on any atom is 0.331 e. The van der Waals surface area contributed by atoms with Gasteiger partial charge in [-0.05, 0) is 30.7 Å². The third-order valence-electron chi connectivity index (χ3n) is 3.73. The largest absolute Gasteiger partial charge is 0.331 e. The average Bonchev–Trinajstić information content (AvgIpc) is 2.50. The van der Waals surface area contributed by atoms with Crippen LogP contribution in [-0.4, -0.2) is 14.1 Å². The molecule has 3 aromatic rings. The third kappa shape index (κ3) is 2.14. The van der Waals surface area contributed by atoms with Crippen molar-refractivity contribution in [3.8, 4) is 11.3 Å². The number of hydrogen-bond donors (Lipinski definition) is 0. The standard InChI is InChI=1S/C16H14ClN3O2/c1-9-7-12-14(15(21)20(3)16(22)19(12)2)18-13(9)10-5-4-6-11(17)8-10/h4-8H,1-3H3. The second-order valence-electron chi connectivity index (χ2n) is 5.24. The van der Waals surface area contributed by atoms with Crippen LogP contribution in [0.1, 0.15) is 5.56 Å². The number of hydrogen-bond acceptors (Lipinski definition) is 3. The lowest BCUT2D eigenvalue weighted by Crippen LogP contribution is -2.37. The molecule has 22 heavy (non-hydrogen) atoms. The van der Waals surface area contributed by atoms with Crippen LogP contribution in [0.25, 0.3) is 22.3 Å². The minimum absolute atomic E-state index is 0.269. The Bertz CT molecular complexity index is 1020. The summed E-state index contributed by atoms with van der Waals surface area (Å²) in [5.41, 5.74) is 2.42. The lowest BCUT2D eigenvalue weighted by Gasteiger charge is -2.11. The van der Waals surface area contributed by atoms with Gasteiger partial charge in [-0.2, -0.15) is 0 Å². The summed E-state index contributed by atoms with van der Waals surface area (Å²) in [6, 6.07) is 9.11. The van der Waals surface area contributed by atoms with Crippen molar-refractivity contribution in [1.29, 1.82) is 0 Å². The molecule has 0 aliphatic carbocycles. The molecule has 0 saturated heterocycles. The van der Waals surface area contributed by atoms with Crippen molar-refractivity contribution in [1.82, 2.24) is 14.1 Å². The van der Waals surface area contributed by atoms with E-state index in [-0.39, 0.29) is 11.2 Å². The molecule has 0 N–H and O–H groups in total. The molecule has 0 bridgehead atoms. The highest BCUT2D eigenvalue weighted by molar-refractivity contribution is 6.30. The van der Waals surface area contributed by atoms with Crippen molar-refractivity contribution in [2.24, 2.45) is 14.1 Å². The highest BCUT2D eigenvalue weighted by Gasteiger charge is 2.13. The van der Waals surface area contributed by atoms with Gasteiger partial charge in [-0.25, -0.2) is 9.78 Å². The molecule has 6 heteroatoms. The van der Waals surface area contributed by atoms with Gasteiger partial charge < -0.3 is 0 Å². The quantitative estimate of drug-likeness (QED) is 0.692. The highest BCUT2D eigenvalue weighted by Crippen LogP contribution is 2.25. The van der Waals surface area contributed by atoms with Crippen LogP contribution in [0.3, 0.4) is 0 Å². The minimum Gasteiger partial charge on any atom is -0.295 e. The summed E-state index contributed by atoms with van der Waals surface area (Å²) in [5, 5.41) is 0.604. The minimum atomic E-state index is -0.402. The lowest BCUT2D eigenvalue weighted by atomic mass is 10.1. The fraction of sp³-hybridized carbons (Fsp3) is 0.188. The normalized spacial score (nSPS) is 11.1. The van der Waals surface area contributed by atoms with Crippen LogP contribution in [0.5, 0.6) is 0 Å². The van der Waals surface area contributed by atoms with Crippen LogP contribution < -0.4 is 11.2 Å². The van der Waals surface area contributed by atoms with Crippen LogP contribution in [0.15, 0.2) is 39.9 Å². The van der Waals surface area contributed by atoms with Crippen molar-refractivity contribution in [3.63, 3.8) is 0 Å². The number of pyridine rings is 1. The van der Waals surface area contributed by atoms with E-state index in [2.05, 4.69) is 4.98 Å². The molecular formula is C16H14ClN3O2. The van der Waals surface area contributed by atoms with E-state index in [9.17, 15) is 9.59 Å². The summed E-state index contributed by atoms with van der Waals surface area (Å²) in [5.74, 6) is 0. The topological polar surface area (TPSA) is 56.9 Å². The fourth-order valence-electron chi connectivity index (χ4n) is 2.51. The van der Waals surface area contributed by atoms with E-state index in [1.54, 1.807) is 25.2 Å². The Labute approximate surface area is 131 Å². The number of aryl methyl sites for hydroxylation is 2. The Hall–Kier alpha value is -2.40. The number of nitrogens with zero attached hydrogens (tertiary/aromatic N) is 3. The highest BCUT2D eigenvalue weighted by atomic mass is 35.5. The first-order valence-corrected chi connectivity index (χ1v) is 7.11. The van der Waals surface area contributed by atoms with Crippen molar-refractivity contribution < 1.29 is 0 Å². The summed E-state index contributed by atoms with van der Waals surface area (Å²) in [4.78, 5) is 28.8. The molecule has 0 saturated carbocycles. The van der Waals surface area contributed by atoms with Gasteiger partial charge in [0.05, 0.1) is 11.2 Å². The summed E-state index contributed by atoms with van der Waals surface area (Å²) >= 11 is 6.03. The van der Waals surface area contributed by atoms with Gasteiger partial charge in [-0.3, -0.25) is 13.9 Å². The number of benzene rings is 1. The maximum absolute atomic E-state index is 12.3. The number of fused-ring (bicyclic) bond motifs is 1. The molecule has 3 rings (SSSR count). The van der Waals surface area contributed by atoms with Crippen molar-refractivity contribution in [3.05, 3.63) is 61.8 Å². The van der Waals surface area contributed by atoms with Crippen molar-refractivity contribution in [2.45, 2.75) is 6.92 Å². The van der Waals surface area contributed by atoms with Gasteiger partial charge in [0.25, 0.3) is 5.56 Å². The molecule has 2 aromatic heterocycles. The van der Waals surface area contributed by atoms with E-state index >= 15 is 0 Å². The Morgan fingerprint density at radius 1 is 1.09 bits per heavy atom.